The summed E-state index contributed by atoms with van der Waals surface area (Å²) < 4.78 is 10.8. The minimum atomic E-state index is 0. The lowest BCUT2D eigenvalue weighted by Crippen LogP contribution is -3.00. The van der Waals surface area contributed by atoms with E-state index in [1.54, 1.807) is 14.2 Å². The summed E-state index contributed by atoms with van der Waals surface area (Å²) in [5, 5.41) is 0. The molecule has 0 amide bonds. The van der Waals surface area contributed by atoms with Crippen molar-refractivity contribution in [1.29, 1.82) is 0 Å². The van der Waals surface area contributed by atoms with Crippen molar-refractivity contribution in [2.45, 2.75) is 6.54 Å². The van der Waals surface area contributed by atoms with E-state index in [-0.39, 0.29) is 12.4 Å². The number of hydrogen-bond donors (Lipinski definition) is 1. The number of rotatable bonds is 4. The number of ether oxygens (including phenoxy) is 2. The Hall–Kier alpha value is -0.970. The highest BCUT2D eigenvalue weighted by Crippen LogP contribution is 2.28. The lowest BCUT2D eigenvalue weighted by molar-refractivity contribution is -0.915. The van der Waals surface area contributed by atoms with E-state index in [1.165, 1.54) is 0 Å². The molecule has 0 atom stereocenters. The Morgan fingerprint density at radius 3 is 2.12 bits per heavy atom. The number of quaternary nitrogens is 1. The Morgan fingerprint density at radius 1 is 1.12 bits per heavy atom. The molecule has 0 bridgehead atoms. The summed E-state index contributed by atoms with van der Waals surface area (Å²) >= 11 is 0. The monoisotopic (exact) mass is 246 g/mol. The van der Waals surface area contributed by atoms with Gasteiger partial charge < -0.3 is 21.9 Å². The zero-order chi connectivity index (χ0) is 11.5. The van der Waals surface area contributed by atoms with Gasteiger partial charge in [-0.2, -0.15) is 5.84 Å². The van der Waals surface area contributed by atoms with E-state index >= 15 is 0 Å². The Kier molecular flexibility index (Phi) is 5.58. The molecule has 4 nitrogen and oxygen atoms in total. The fourth-order valence-electron chi connectivity index (χ4n) is 1.45. The van der Waals surface area contributed by atoms with Crippen LogP contribution in [0, 0.1) is 0 Å². The second-order valence-corrected chi connectivity index (χ2v) is 4.13. The maximum absolute atomic E-state index is 5.90. The van der Waals surface area contributed by atoms with E-state index in [4.69, 9.17) is 15.3 Å². The zero-order valence-corrected chi connectivity index (χ0v) is 10.9. The van der Waals surface area contributed by atoms with Crippen LogP contribution in [0.2, 0.25) is 0 Å². The highest BCUT2D eigenvalue weighted by molar-refractivity contribution is 5.42. The maximum atomic E-state index is 5.90. The highest BCUT2D eigenvalue weighted by Gasteiger charge is 2.12. The van der Waals surface area contributed by atoms with Gasteiger partial charge in [-0.1, -0.05) is 0 Å². The summed E-state index contributed by atoms with van der Waals surface area (Å²) in [5.41, 5.74) is 1.13. The van der Waals surface area contributed by atoms with Crippen LogP contribution >= 0.6 is 0 Å². The first kappa shape index (κ1) is 15.0. The van der Waals surface area contributed by atoms with Crippen LogP contribution in [-0.4, -0.2) is 32.9 Å². The molecule has 0 fully saturated rings. The zero-order valence-electron chi connectivity index (χ0n) is 10.2. The first-order chi connectivity index (χ1) is 6.96. The maximum Gasteiger partial charge on any atom is 0.161 e. The third-order valence-corrected chi connectivity index (χ3v) is 2.04. The summed E-state index contributed by atoms with van der Waals surface area (Å²) in [6.45, 7) is 0.750. The van der Waals surface area contributed by atoms with Gasteiger partial charge in [-0.3, -0.25) is 0 Å². The van der Waals surface area contributed by atoms with Gasteiger partial charge in [-0.05, 0) is 18.2 Å². The first-order valence-electron chi connectivity index (χ1n) is 4.79. The summed E-state index contributed by atoms with van der Waals surface area (Å²) in [4.78, 5) is 0. The molecular formula is C11H19ClN2O2. The van der Waals surface area contributed by atoms with Crippen molar-refractivity contribution >= 4 is 0 Å². The molecule has 1 rings (SSSR count). The van der Waals surface area contributed by atoms with Crippen LogP contribution in [0.5, 0.6) is 11.5 Å². The Bertz CT molecular complexity index is 337. The molecule has 0 aliphatic heterocycles. The number of halogens is 1. The van der Waals surface area contributed by atoms with Crippen LogP contribution in [0.1, 0.15) is 5.56 Å². The molecule has 92 valence electrons. The highest BCUT2D eigenvalue weighted by atomic mass is 35.5. The summed E-state index contributed by atoms with van der Waals surface area (Å²) in [5.74, 6) is 7.37. The van der Waals surface area contributed by atoms with Gasteiger partial charge in [0, 0.05) is 5.56 Å². The molecule has 5 heteroatoms. The minimum absolute atomic E-state index is 0. The van der Waals surface area contributed by atoms with Crippen LogP contribution < -0.4 is 27.7 Å². The number of nitrogens with zero attached hydrogens (tertiary/aromatic N) is 1. The second-order valence-electron chi connectivity index (χ2n) is 4.13. The molecule has 0 heterocycles. The number of nitrogens with two attached hydrogens (primary N) is 1. The van der Waals surface area contributed by atoms with Crippen LogP contribution in [0.25, 0.3) is 0 Å². The van der Waals surface area contributed by atoms with Crippen molar-refractivity contribution in [3.63, 3.8) is 0 Å². The van der Waals surface area contributed by atoms with Gasteiger partial charge in [0.05, 0.1) is 28.3 Å². The molecule has 0 aliphatic rings. The van der Waals surface area contributed by atoms with Crippen LogP contribution in [0.4, 0.5) is 0 Å². The molecular weight excluding hydrogens is 228 g/mol. The van der Waals surface area contributed by atoms with Crippen LogP contribution in [0.15, 0.2) is 18.2 Å². The third-order valence-electron chi connectivity index (χ3n) is 2.04. The minimum Gasteiger partial charge on any atom is -1.00 e. The van der Waals surface area contributed by atoms with Gasteiger partial charge in [0.1, 0.15) is 6.54 Å². The van der Waals surface area contributed by atoms with Crippen molar-refractivity contribution in [2.24, 2.45) is 5.84 Å². The Labute approximate surface area is 103 Å². The van der Waals surface area contributed by atoms with E-state index < -0.39 is 0 Å². The van der Waals surface area contributed by atoms with E-state index in [0.717, 1.165) is 23.6 Å². The third kappa shape index (κ3) is 4.26. The summed E-state index contributed by atoms with van der Waals surface area (Å²) in [7, 11) is 7.14. The molecule has 0 radical (unpaired) electrons. The fourth-order valence-corrected chi connectivity index (χ4v) is 1.45. The van der Waals surface area contributed by atoms with Gasteiger partial charge in [0.2, 0.25) is 0 Å². The van der Waals surface area contributed by atoms with E-state index in [1.807, 2.05) is 32.3 Å². The number of hydrogen-bond acceptors (Lipinski definition) is 3. The number of methoxy groups -OCH3 is 2. The number of benzene rings is 1. The van der Waals surface area contributed by atoms with Crippen molar-refractivity contribution in [1.82, 2.24) is 0 Å². The van der Waals surface area contributed by atoms with Gasteiger partial charge in [0.15, 0.2) is 11.5 Å². The molecule has 1 aromatic rings. The van der Waals surface area contributed by atoms with Gasteiger partial charge in [-0.25, -0.2) is 4.59 Å². The van der Waals surface area contributed by atoms with Crippen molar-refractivity contribution in [3.05, 3.63) is 23.8 Å². The van der Waals surface area contributed by atoms with Crippen molar-refractivity contribution in [3.8, 4) is 11.5 Å². The molecule has 0 spiro atoms. The molecule has 0 saturated heterocycles. The first-order valence-corrected chi connectivity index (χ1v) is 4.79. The largest absolute Gasteiger partial charge is 1.00 e. The fraction of sp³-hybridized carbons (Fsp3) is 0.455. The van der Waals surface area contributed by atoms with Crippen molar-refractivity contribution in [2.75, 3.05) is 28.3 Å². The Balaban J connectivity index is 0.00000225. The SMILES string of the molecule is COc1ccc(C[N+](C)(C)N)cc1OC.[Cl-]. The Morgan fingerprint density at radius 2 is 1.69 bits per heavy atom. The van der Waals surface area contributed by atoms with Gasteiger partial charge in [-0.15, -0.1) is 0 Å². The van der Waals surface area contributed by atoms with E-state index in [2.05, 4.69) is 0 Å². The van der Waals surface area contributed by atoms with Crippen LogP contribution in [0.3, 0.4) is 0 Å². The quantitative estimate of drug-likeness (QED) is 0.386. The summed E-state index contributed by atoms with van der Waals surface area (Å²) in [6, 6.07) is 5.84. The molecule has 0 aromatic heterocycles. The van der Waals surface area contributed by atoms with Crippen LogP contribution in [-0.2, 0) is 6.54 Å². The smallest absolute Gasteiger partial charge is 0.161 e. The molecule has 16 heavy (non-hydrogen) atoms. The molecule has 0 saturated carbocycles. The second kappa shape index (κ2) is 5.94. The predicted molar refractivity (Wildman–Crippen MR) is 59.5 cm³/mol. The normalized spacial score (nSPS) is 10.6. The molecule has 1 aromatic carbocycles. The van der Waals surface area contributed by atoms with E-state index in [9.17, 15) is 0 Å². The molecule has 2 N–H and O–H groups in total. The topological polar surface area (TPSA) is 44.5 Å². The lowest BCUT2D eigenvalue weighted by atomic mass is 10.2. The standard InChI is InChI=1S/C11H19N2O2.ClH/c1-13(2,12)8-9-5-6-10(14-3)11(7-9)15-4;/h5-7H,8,12H2,1-4H3;1H/q+1;/p-1. The van der Waals surface area contributed by atoms with E-state index in [0.29, 0.717) is 4.59 Å². The van der Waals surface area contributed by atoms with Gasteiger partial charge >= 0.3 is 0 Å². The predicted octanol–water partition coefficient (Wildman–Crippen LogP) is -1.84. The average molecular weight is 247 g/mol. The van der Waals surface area contributed by atoms with Crippen molar-refractivity contribution < 1.29 is 26.5 Å². The molecule has 0 unspecified atom stereocenters. The lowest BCUT2D eigenvalue weighted by Gasteiger charge is -2.22. The summed E-state index contributed by atoms with van der Waals surface area (Å²) in [6.07, 6.45) is 0. The molecule has 0 aliphatic carbocycles. The average Bonchev–Trinajstić information content (AvgIpc) is 2.15. The van der Waals surface area contributed by atoms with Gasteiger partial charge in [0.25, 0.3) is 0 Å².